The zero-order chi connectivity index (χ0) is 21.3. The number of ether oxygens (including phenoxy) is 1. The molecule has 0 aromatic heterocycles. The summed E-state index contributed by atoms with van der Waals surface area (Å²) in [6.45, 7) is -0.595. The third-order valence-corrected chi connectivity index (χ3v) is 6.00. The highest BCUT2D eigenvalue weighted by molar-refractivity contribution is 8.03. The molecule has 0 amide bonds. The van der Waals surface area contributed by atoms with E-state index in [0.29, 0.717) is 5.03 Å². The molecule has 148 valence electrons. The first-order valence-corrected chi connectivity index (χ1v) is 9.88. The maximum Gasteiger partial charge on any atom is 0.342 e. The molecule has 1 aliphatic rings. The molecule has 1 N–H and O–H groups in total. The van der Waals surface area contributed by atoms with Gasteiger partial charge in [-0.25, -0.2) is 4.79 Å². The van der Waals surface area contributed by atoms with Gasteiger partial charge >= 0.3 is 5.97 Å². The monoisotopic (exact) mass is 416 g/mol. The van der Waals surface area contributed by atoms with E-state index in [4.69, 9.17) is 4.74 Å². The molecule has 0 unspecified atom stereocenters. The van der Waals surface area contributed by atoms with Gasteiger partial charge in [0.2, 0.25) is 5.78 Å². The number of phenolic OH excluding ortho intramolecular Hbond substituents is 1. The van der Waals surface area contributed by atoms with Crippen LogP contribution in [-0.2, 0) is 9.53 Å². The van der Waals surface area contributed by atoms with Crippen LogP contribution in [0.4, 0.5) is 5.69 Å². The van der Waals surface area contributed by atoms with E-state index in [0.717, 1.165) is 21.4 Å². The van der Waals surface area contributed by atoms with Crippen molar-refractivity contribution < 1.29 is 19.4 Å². The van der Waals surface area contributed by atoms with Gasteiger partial charge in [0.15, 0.2) is 6.61 Å². The standard InChI is InChI=1S/C23H16N2O4S/c1-25-18-8-4-5-9-21(18)30-22(25)17(12-24)20(27)13-29-23(28)16-10-14-6-2-3-7-15(14)11-19(16)26/h2-11,26H,13H2,1H3. The minimum absolute atomic E-state index is 0.0348. The summed E-state index contributed by atoms with van der Waals surface area (Å²) in [5.41, 5.74) is 0.790. The number of aromatic hydroxyl groups is 1. The van der Waals surface area contributed by atoms with Gasteiger partial charge in [-0.2, -0.15) is 5.26 Å². The Morgan fingerprint density at radius 1 is 1.10 bits per heavy atom. The molecule has 4 rings (SSSR count). The summed E-state index contributed by atoms with van der Waals surface area (Å²) < 4.78 is 5.11. The van der Waals surface area contributed by atoms with Crippen LogP contribution in [0.25, 0.3) is 10.8 Å². The predicted octanol–water partition coefficient (Wildman–Crippen LogP) is 4.25. The first-order valence-electron chi connectivity index (χ1n) is 9.06. The Morgan fingerprint density at radius 3 is 2.47 bits per heavy atom. The molecule has 0 atom stereocenters. The van der Waals surface area contributed by atoms with E-state index in [9.17, 15) is 20.0 Å². The van der Waals surface area contributed by atoms with Crippen molar-refractivity contribution in [1.82, 2.24) is 0 Å². The highest BCUT2D eigenvalue weighted by atomic mass is 32.2. The molecule has 0 spiro atoms. The van der Waals surface area contributed by atoms with Crippen LogP contribution in [0.5, 0.6) is 5.75 Å². The van der Waals surface area contributed by atoms with E-state index in [-0.39, 0.29) is 16.9 Å². The highest BCUT2D eigenvalue weighted by Crippen LogP contribution is 2.46. The van der Waals surface area contributed by atoms with Crippen molar-refractivity contribution in [1.29, 1.82) is 5.26 Å². The van der Waals surface area contributed by atoms with E-state index in [2.05, 4.69) is 0 Å². The SMILES string of the molecule is CN1C(=C(C#N)C(=O)COC(=O)c2cc3ccccc3cc2O)Sc2ccccc21. The highest BCUT2D eigenvalue weighted by Gasteiger charge is 2.28. The third-order valence-electron chi connectivity index (χ3n) is 4.76. The minimum atomic E-state index is -0.829. The molecule has 7 heteroatoms. The van der Waals surface area contributed by atoms with Crippen molar-refractivity contribution in [3.63, 3.8) is 0 Å². The lowest BCUT2D eigenvalue weighted by Crippen LogP contribution is -2.20. The summed E-state index contributed by atoms with van der Waals surface area (Å²) in [4.78, 5) is 27.8. The quantitative estimate of drug-likeness (QED) is 0.386. The number of para-hydroxylation sites is 1. The van der Waals surface area contributed by atoms with Crippen molar-refractivity contribution in [2.45, 2.75) is 4.90 Å². The van der Waals surface area contributed by atoms with Gasteiger partial charge < -0.3 is 14.7 Å². The smallest absolute Gasteiger partial charge is 0.342 e. The summed E-state index contributed by atoms with van der Waals surface area (Å²) in [5, 5.41) is 21.7. The number of Topliss-reactive ketones (excluding diaryl/α,β-unsaturated/α-hetero) is 1. The minimum Gasteiger partial charge on any atom is -0.507 e. The number of benzene rings is 3. The van der Waals surface area contributed by atoms with E-state index >= 15 is 0 Å². The second-order valence-corrected chi connectivity index (χ2v) is 7.67. The number of carbonyl (C=O) groups excluding carboxylic acids is 2. The summed E-state index contributed by atoms with van der Waals surface area (Å²) in [6.07, 6.45) is 0. The lowest BCUT2D eigenvalue weighted by Gasteiger charge is -2.14. The Labute approximate surface area is 177 Å². The Kier molecular flexibility index (Phi) is 5.17. The molecule has 3 aromatic carbocycles. The summed E-state index contributed by atoms with van der Waals surface area (Å²) in [6, 6.07) is 19.7. The Morgan fingerprint density at radius 2 is 1.77 bits per heavy atom. The molecule has 0 bridgehead atoms. The predicted molar refractivity (Wildman–Crippen MR) is 114 cm³/mol. The van der Waals surface area contributed by atoms with Gasteiger partial charge in [-0.3, -0.25) is 4.79 Å². The topological polar surface area (TPSA) is 90.6 Å². The number of nitrogens with zero attached hydrogens (tertiary/aromatic N) is 2. The molecule has 0 radical (unpaired) electrons. The van der Waals surface area contributed by atoms with Gasteiger partial charge in [-0.15, -0.1) is 0 Å². The lowest BCUT2D eigenvalue weighted by atomic mass is 10.1. The van der Waals surface area contributed by atoms with Gasteiger partial charge in [0.05, 0.1) is 5.69 Å². The van der Waals surface area contributed by atoms with Crippen LogP contribution in [-0.4, -0.2) is 30.5 Å². The Bertz CT molecular complexity index is 1260. The number of carbonyl (C=O) groups is 2. The molecule has 1 aliphatic heterocycles. The van der Waals surface area contributed by atoms with Gasteiger partial charge in [-0.1, -0.05) is 48.2 Å². The number of esters is 1. The fraction of sp³-hybridized carbons (Fsp3) is 0.0870. The third kappa shape index (κ3) is 3.49. The van der Waals surface area contributed by atoms with Crippen LogP contribution >= 0.6 is 11.8 Å². The molecule has 0 fully saturated rings. The molecule has 0 saturated heterocycles. The Hall–Kier alpha value is -3.76. The number of anilines is 1. The number of hydrogen-bond acceptors (Lipinski definition) is 7. The molecule has 30 heavy (non-hydrogen) atoms. The van der Waals surface area contributed by atoms with Gasteiger partial charge in [-0.05, 0) is 35.0 Å². The zero-order valence-electron chi connectivity index (χ0n) is 16.0. The molecule has 1 heterocycles. The number of fused-ring (bicyclic) bond motifs is 2. The molecule has 0 saturated carbocycles. The van der Waals surface area contributed by atoms with E-state index in [1.807, 2.05) is 48.5 Å². The zero-order valence-corrected chi connectivity index (χ0v) is 16.8. The average molecular weight is 416 g/mol. The van der Waals surface area contributed by atoms with Crippen LogP contribution < -0.4 is 4.90 Å². The average Bonchev–Trinajstić information content (AvgIpc) is 3.08. The fourth-order valence-corrected chi connectivity index (χ4v) is 4.38. The summed E-state index contributed by atoms with van der Waals surface area (Å²) in [7, 11) is 1.78. The van der Waals surface area contributed by atoms with Crippen molar-refractivity contribution in [2.24, 2.45) is 0 Å². The van der Waals surface area contributed by atoms with Gasteiger partial charge in [0.1, 0.15) is 28.0 Å². The van der Waals surface area contributed by atoms with Crippen LogP contribution in [0.1, 0.15) is 10.4 Å². The first-order chi connectivity index (χ1) is 14.5. The number of hydrogen-bond donors (Lipinski definition) is 1. The van der Waals surface area contributed by atoms with Crippen molar-refractivity contribution >= 4 is 40.0 Å². The number of rotatable bonds is 4. The van der Waals surface area contributed by atoms with E-state index in [1.54, 1.807) is 18.0 Å². The van der Waals surface area contributed by atoms with Crippen molar-refractivity contribution in [3.8, 4) is 11.8 Å². The normalized spacial score (nSPS) is 14.2. The van der Waals surface area contributed by atoms with Crippen molar-refractivity contribution in [3.05, 3.63) is 76.8 Å². The van der Waals surface area contributed by atoms with Crippen molar-refractivity contribution in [2.75, 3.05) is 18.6 Å². The van der Waals surface area contributed by atoms with Crippen LogP contribution in [0.15, 0.2) is 76.2 Å². The largest absolute Gasteiger partial charge is 0.507 e. The first kappa shape index (κ1) is 19.6. The number of thioether (sulfide) groups is 1. The number of ketones is 1. The van der Waals surface area contributed by atoms with Gasteiger partial charge in [0.25, 0.3) is 0 Å². The van der Waals surface area contributed by atoms with Gasteiger partial charge in [0, 0.05) is 11.9 Å². The molecular formula is C23H16N2O4S. The number of nitriles is 1. The maximum absolute atomic E-state index is 12.6. The van der Waals surface area contributed by atoms with Crippen LogP contribution in [0.2, 0.25) is 0 Å². The molecule has 3 aromatic rings. The molecule has 6 nitrogen and oxygen atoms in total. The lowest BCUT2D eigenvalue weighted by molar-refractivity contribution is -0.118. The summed E-state index contributed by atoms with van der Waals surface area (Å²) >= 11 is 1.32. The molecule has 0 aliphatic carbocycles. The second kappa shape index (κ2) is 7.93. The van der Waals surface area contributed by atoms with Crippen LogP contribution in [0, 0.1) is 11.3 Å². The molecular weight excluding hydrogens is 400 g/mol. The van der Waals surface area contributed by atoms with E-state index in [1.165, 1.54) is 23.9 Å². The summed E-state index contributed by atoms with van der Waals surface area (Å²) in [5.74, 6) is -1.66. The van der Waals surface area contributed by atoms with E-state index < -0.39 is 18.4 Å². The van der Waals surface area contributed by atoms with Crippen LogP contribution in [0.3, 0.4) is 0 Å². The fourth-order valence-electron chi connectivity index (χ4n) is 3.22. The Balaban J connectivity index is 1.53. The number of phenols is 1. The second-order valence-electron chi connectivity index (χ2n) is 6.64. The maximum atomic E-state index is 12.6.